The molecule has 0 spiro atoms. The van der Waals surface area contributed by atoms with E-state index in [-0.39, 0.29) is 5.41 Å². The van der Waals surface area contributed by atoms with Crippen molar-refractivity contribution in [2.45, 2.75) is 19.3 Å². The van der Waals surface area contributed by atoms with E-state index in [0.29, 0.717) is 0 Å². The third kappa shape index (κ3) is 6.42. The average Bonchev–Trinajstić information content (AvgIpc) is 3.57. The molecule has 0 radical (unpaired) electrons. The van der Waals surface area contributed by atoms with Gasteiger partial charge in [-0.05, 0) is 108 Å². The lowest BCUT2D eigenvalue weighted by atomic mass is 9.81. The maximum Gasteiger partial charge on any atom is 0.0543 e. The fourth-order valence-corrected chi connectivity index (χ4v) is 9.79. The van der Waals surface area contributed by atoms with Crippen LogP contribution in [0.15, 0.2) is 237 Å². The molecule has 0 heterocycles. The minimum Gasteiger partial charge on any atom is -0.309 e. The van der Waals surface area contributed by atoms with Gasteiger partial charge in [0.05, 0.1) is 11.4 Å². The highest BCUT2D eigenvalue weighted by atomic mass is 15.1. The number of rotatable bonds is 8. The van der Waals surface area contributed by atoms with Gasteiger partial charge in [-0.3, -0.25) is 0 Å². The first-order chi connectivity index (χ1) is 30.5. The molecule has 1 aliphatic carbocycles. The molecule has 62 heavy (non-hydrogen) atoms. The summed E-state index contributed by atoms with van der Waals surface area (Å²) in [5, 5.41) is 2.50. The molecule has 0 fully saturated rings. The molecule has 10 aromatic rings. The summed E-state index contributed by atoms with van der Waals surface area (Å²) in [6.07, 6.45) is 0. The number of anilines is 3. The molecular formula is C61H45N. The fraction of sp³-hybridized carbons (Fsp3) is 0.0492. The molecule has 0 saturated carbocycles. The third-order valence-electron chi connectivity index (χ3n) is 12.9. The Morgan fingerprint density at radius 2 is 0.742 bits per heavy atom. The third-order valence-corrected chi connectivity index (χ3v) is 12.9. The van der Waals surface area contributed by atoms with E-state index in [0.717, 1.165) is 17.1 Å². The van der Waals surface area contributed by atoms with Gasteiger partial charge in [-0.25, -0.2) is 0 Å². The van der Waals surface area contributed by atoms with Crippen LogP contribution in [-0.4, -0.2) is 0 Å². The van der Waals surface area contributed by atoms with Crippen LogP contribution < -0.4 is 4.90 Å². The molecule has 10 aromatic carbocycles. The van der Waals surface area contributed by atoms with E-state index in [4.69, 9.17) is 0 Å². The molecule has 0 bridgehead atoms. The van der Waals surface area contributed by atoms with Crippen LogP contribution in [0.25, 0.3) is 77.5 Å². The molecule has 1 aliphatic rings. The Morgan fingerprint density at radius 3 is 1.39 bits per heavy atom. The smallest absolute Gasteiger partial charge is 0.0543 e. The first-order valence-electron chi connectivity index (χ1n) is 21.6. The number of benzene rings is 10. The summed E-state index contributed by atoms with van der Waals surface area (Å²) in [7, 11) is 0. The van der Waals surface area contributed by atoms with Crippen molar-refractivity contribution in [3.8, 4) is 66.8 Å². The topological polar surface area (TPSA) is 3.24 Å². The molecule has 294 valence electrons. The van der Waals surface area contributed by atoms with Crippen LogP contribution in [-0.2, 0) is 5.41 Å². The van der Waals surface area contributed by atoms with Crippen LogP contribution in [0.5, 0.6) is 0 Å². The zero-order valence-electron chi connectivity index (χ0n) is 35.0. The van der Waals surface area contributed by atoms with Crippen molar-refractivity contribution in [3.05, 3.63) is 248 Å². The van der Waals surface area contributed by atoms with Gasteiger partial charge in [0.25, 0.3) is 0 Å². The number of nitrogens with zero attached hydrogens (tertiary/aromatic N) is 1. The SMILES string of the molecule is CC1(C)c2ccccc2-c2cc(-c3ccc(-c4ccccc4)cc3)c(N(c3ccc(-c4cccc5cccc(-c6ccccc6)c45)cc3)c3ccccc3-c3ccccc3)cc21. The summed E-state index contributed by atoms with van der Waals surface area (Å²) < 4.78 is 0. The number of para-hydroxylation sites is 1. The van der Waals surface area contributed by atoms with Crippen LogP contribution in [0.3, 0.4) is 0 Å². The zero-order chi connectivity index (χ0) is 41.6. The highest BCUT2D eigenvalue weighted by Gasteiger charge is 2.37. The second-order valence-electron chi connectivity index (χ2n) is 16.9. The van der Waals surface area contributed by atoms with Gasteiger partial charge in [0.15, 0.2) is 0 Å². The first kappa shape index (κ1) is 37.3. The molecule has 0 saturated heterocycles. The van der Waals surface area contributed by atoms with Crippen molar-refractivity contribution in [2.24, 2.45) is 0 Å². The predicted molar refractivity (Wildman–Crippen MR) is 263 cm³/mol. The van der Waals surface area contributed by atoms with Crippen LogP contribution in [0.2, 0.25) is 0 Å². The Balaban J connectivity index is 1.14. The Labute approximate surface area is 364 Å². The quantitative estimate of drug-likeness (QED) is 0.148. The fourth-order valence-electron chi connectivity index (χ4n) is 9.79. The Morgan fingerprint density at radius 1 is 0.290 bits per heavy atom. The maximum absolute atomic E-state index is 2.50. The molecule has 11 rings (SSSR count). The summed E-state index contributed by atoms with van der Waals surface area (Å²) in [5.74, 6) is 0. The van der Waals surface area contributed by atoms with Crippen molar-refractivity contribution in [2.75, 3.05) is 4.90 Å². The second kappa shape index (κ2) is 15.4. The molecule has 0 aromatic heterocycles. The lowest BCUT2D eigenvalue weighted by Crippen LogP contribution is -2.17. The van der Waals surface area contributed by atoms with E-state index in [1.54, 1.807) is 0 Å². The first-order valence-corrected chi connectivity index (χ1v) is 21.6. The molecule has 0 unspecified atom stereocenters. The van der Waals surface area contributed by atoms with Crippen molar-refractivity contribution in [3.63, 3.8) is 0 Å². The molecule has 1 heteroatoms. The molecule has 0 atom stereocenters. The lowest BCUT2D eigenvalue weighted by Gasteiger charge is -2.32. The summed E-state index contributed by atoms with van der Waals surface area (Å²) in [6, 6.07) is 86.7. The van der Waals surface area contributed by atoms with Crippen molar-refractivity contribution in [1.82, 2.24) is 0 Å². The van der Waals surface area contributed by atoms with Gasteiger partial charge in [-0.15, -0.1) is 0 Å². The summed E-state index contributed by atoms with van der Waals surface area (Å²) in [6.45, 7) is 4.75. The average molecular weight is 792 g/mol. The van der Waals surface area contributed by atoms with Gasteiger partial charge >= 0.3 is 0 Å². The van der Waals surface area contributed by atoms with Gasteiger partial charge < -0.3 is 4.90 Å². The van der Waals surface area contributed by atoms with Crippen molar-refractivity contribution in [1.29, 1.82) is 0 Å². The summed E-state index contributed by atoms with van der Waals surface area (Å²) >= 11 is 0. The van der Waals surface area contributed by atoms with Gasteiger partial charge in [0.2, 0.25) is 0 Å². The Hall–Kier alpha value is -7.74. The van der Waals surface area contributed by atoms with Crippen molar-refractivity contribution >= 4 is 27.8 Å². The highest BCUT2D eigenvalue weighted by Crippen LogP contribution is 2.54. The monoisotopic (exact) mass is 791 g/mol. The summed E-state index contributed by atoms with van der Waals surface area (Å²) in [4.78, 5) is 2.50. The molecule has 0 aliphatic heterocycles. The van der Waals surface area contributed by atoms with Crippen LogP contribution in [0, 0.1) is 0 Å². The number of fused-ring (bicyclic) bond motifs is 4. The highest BCUT2D eigenvalue weighted by molar-refractivity contribution is 6.07. The number of hydrogen-bond donors (Lipinski definition) is 0. The van der Waals surface area contributed by atoms with Gasteiger partial charge in [0.1, 0.15) is 0 Å². The molecule has 0 amide bonds. The molecule has 1 nitrogen and oxygen atoms in total. The zero-order valence-corrected chi connectivity index (χ0v) is 35.0. The minimum atomic E-state index is -0.185. The van der Waals surface area contributed by atoms with E-state index in [2.05, 4.69) is 255 Å². The Kier molecular flexibility index (Phi) is 9.24. The number of hydrogen-bond acceptors (Lipinski definition) is 1. The van der Waals surface area contributed by atoms with E-state index in [1.165, 1.54) is 88.7 Å². The van der Waals surface area contributed by atoms with Gasteiger partial charge in [-0.1, -0.05) is 220 Å². The second-order valence-corrected chi connectivity index (χ2v) is 16.9. The lowest BCUT2D eigenvalue weighted by molar-refractivity contribution is 0.660. The predicted octanol–water partition coefficient (Wildman–Crippen LogP) is 17.0. The van der Waals surface area contributed by atoms with E-state index < -0.39 is 0 Å². The van der Waals surface area contributed by atoms with Crippen LogP contribution in [0.1, 0.15) is 25.0 Å². The minimum absolute atomic E-state index is 0.185. The van der Waals surface area contributed by atoms with Crippen LogP contribution in [0.4, 0.5) is 17.1 Å². The maximum atomic E-state index is 2.50. The largest absolute Gasteiger partial charge is 0.309 e. The summed E-state index contributed by atoms with van der Waals surface area (Å²) in [5.41, 5.74) is 20.5. The van der Waals surface area contributed by atoms with Crippen molar-refractivity contribution < 1.29 is 0 Å². The standard InChI is InChI=1S/C61H45N/c1-61(2)56-30-14-12-27-53(56)55-40-54(47-34-32-43(33-35-47)42-18-6-3-7-19-42)59(41-57(55)61)62(58-31-15-13-26-50(58)44-20-8-4-9-21-44)49-38-36-46(37-39-49)52-29-17-25-48-24-16-28-51(60(48)52)45-22-10-5-11-23-45/h3-41H,1-2H3. The molecular weight excluding hydrogens is 747 g/mol. The van der Waals surface area contributed by atoms with E-state index in [1.807, 2.05) is 0 Å². The van der Waals surface area contributed by atoms with Gasteiger partial charge in [0, 0.05) is 22.2 Å². The van der Waals surface area contributed by atoms with E-state index >= 15 is 0 Å². The molecule has 0 N–H and O–H groups in total. The van der Waals surface area contributed by atoms with E-state index in [9.17, 15) is 0 Å². The normalized spacial score (nSPS) is 12.5. The van der Waals surface area contributed by atoms with Crippen LogP contribution >= 0.6 is 0 Å². The van der Waals surface area contributed by atoms with Gasteiger partial charge in [-0.2, -0.15) is 0 Å². The Bertz CT molecular complexity index is 3210.